The Morgan fingerprint density at radius 1 is 1.50 bits per heavy atom. The number of methoxy groups -OCH3 is 1. The van der Waals surface area contributed by atoms with Crippen LogP contribution in [0.15, 0.2) is 12.1 Å². The van der Waals surface area contributed by atoms with E-state index in [2.05, 4.69) is 33.6 Å². The summed E-state index contributed by atoms with van der Waals surface area (Å²) in [7, 11) is 1.66. The van der Waals surface area contributed by atoms with Crippen LogP contribution in [0.4, 0.5) is 0 Å². The molecule has 0 saturated heterocycles. The highest BCUT2D eigenvalue weighted by Crippen LogP contribution is 2.41. The Balaban J connectivity index is 2.36. The summed E-state index contributed by atoms with van der Waals surface area (Å²) in [4.78, 5) is 4.42. The van der Waals surface area contributed by atoms with Crippen LogP contribution in [0.2, 0.25) is 0 Å². The summed E-state index contributed by atoms with van der Waals surface area (Å²) in [6, 6.07) is 3.98. The van der Waals surface area contributed by atoms with Gasteiger partial charge in [0, 0.05) is 15.6 Å². The lowest BCUT2D eigenvalue weighted by Crippen LogP contribution is -1.94. The second-order valence-electron chi connectivity index (χ2n) is 2.99. The van der Waals surface area contributed by atoms with Crippen molar-refractivity contribution in [3.63, 3.8) is 0 Å². The fourth-order valence-electron chi connectivity index (χ4n) is 1.20. The van der Waals surface area contributed by atoms with Crippen LogP contribution in [0, 0.1) is 3.57 Å². The zero-order valence-electron chi connectivity index (χ0n) is 6.88. The number of hydrogen-bond acceptors (Lipinski definition) is 2. The van der Waals surface area contributed by atoms with Crippen molar-refractivity contribution >= 4 is 22.6 Å². The van der Waals surface area contributed by atoms with Gasteiger partial charge in [-0.05, 0) is 41.5 Å². The summed E-state index contributed by atoms with van der Waals surface area (Å²) in [5.41, 5.74) is 1.22. The molecule has 0 unspecified atom stereocenters. The first kappa shape index (κ1) is 8.29. The van der Waals surface area contributed by atoms with Crippen molar-refractivity contribution in [2.75, 3.05) is 7.11 Å². The zero-order valence-corrected chi connectivity index (χ0v) is 9.04. The van der Waals surface area contributed by atoms with Gasteiger partial charge in [0.05, 0.1) is 12.8 Å². The maximum absolute atomic E-state index is 5.07. The molecule has 1 aromatic rings. The number of pyridine rings is 1. The van der Waals surface area contributed by atoms with E-state index in [9.17, 15) is 0 Å². The Morgan fingerprint density at radius 2 is 2.25 bits per heavy atom. The molecular weight excluding hydrogens is 265 g/mol. The van der Waals surface area contributed by atoms with Crippen molar-refractivity contribution in [2.45, 2.75) is 18.8 Å². The van der Waals surface area contributed by atoms with Crippen LogP contribution in [-0.2, 0) is 0 Å². The Bertz CT molecular complexity index is 297. The minimum Gasteiger partial charge on any atom is -0.481 e. The number of hydrogen-bond donors (Lipinski definition) is 0. The van der Waals surface area contributed by atoms with Gasteiger partial charge in [0.2, 0.25) is 5.88 Å². The number of rotatable bonds is 2. The monoisotopic (exact) mass is 275 g/mol. The third-order valence-electron chi connectivity index (χ3n) is 2.02. The van der Waals surface area contributed by atoms with Crippen LogP contribution in [-0.4, -0.2) is 12.1 Å². The predicted octanol–water partition coefficient (Wildman–Crippen LogP) is 2.57. The van der Waals surface area contributed by atoms with E-state index < -0.39 is 0 Å². The fourth-order valence-corrected chi connectivity index (χ4v) is 1.94. The van der Waals surface area contributed by atoms with E-state index in [-0.39, 0.29) is 0 Å². The molecule has 0 bridgehead atoms. The molecule has 12 heavy (non-hydrogen) atoms. The molecule has 64 valence electrons. The average Bonchev–Trinajstić information content (AvgIpc) is 2.88. The minimum absolute atomic E-state index is 0.701. The van der Waals surface area contributed by atoms with Gasteiger partial charge in [-0.25, -0.2) is 4.98 Å². The highest BCUT2D eigenvalue weighted by Gasteiger charge is 2.27. The van der Waals surface area contributed by atoms with E-state index in [1.54, 1.807) is 7.11 Å². The SMILES string of the molecule is COc1ccc(I)c(C2CC2)n1. The zero-order chi connectivity index (χ0) is 8.55. The number of halogens is 1. The van der Waals surface area contributed by atoms with E-state index in [4.69, 9.17) is 4.74 Å². The van der Waals surface area contributed by atoms with Crippen LogP contribution < -0.4 is 4.74 Å². The maximum atomic E-state index is 5.07. The van der Waals surface area contributed by atoms with Gasteiger partial charge in [-0.3, -0.25) is 0 Å². The minimum atomic E-state index is 0.701. The summed E-state index contributed by atoms with van der Waals surface area (Å²) < 4.78 is 6.33. The van der Waals surface area contributed by atoms with Crippen molar-refractivity contribution in [3.05, 3.63) is 21.4 Å². The third-order valence-corrected chi connectivity index (χ3v) is 2.93. The van der Waals surface area contributed by atoms with Gasteiger partial charge in [0.1, 0.15) is 0 Å². The van der Waals surface area contributed by atoms with Gasteiger partial charge in [-0.15, -0.1) is 0 Å². The van der Waals surface area contributed by atoms with Gasteiger partial charge >= 0.3 is 0 Å². The lowest BCUT2D eigenvalue weighted by molar-refractivity contribution is 0.396. The van der Waals surface area contributed by atoms with Crippen LogP contribution in [0.1, 0.15) is 24.5 Å². The molecule has 1 aromatic heterocycles. The normalized spacial score (nSPS) is 16.2. The maximum Gasteiger partial charge on any atom is 0.213 e. The van der Waals surface area contributed by atoms with Crippen LogP contribution in [0.3, 0.4) is 0 Å². The second-order valence-corrected chi connectivity index (χ2v) is 4.16. The molecule has 0 amide bonds. The molecule has 1 fully saturated rings. The molecule has 0 radical (unpaired) electrons. The van der Waals surface area contributed by atoms with Crippen molar-refractivity contribution < 1.29 is 4.74 Å². The molecule has 2 nitrogen and oxygen atoms in total. The summed E-state index contributed by atoms with van der Waals surface area (Å²) >= 11 is 2.33. The molecule has 1 aliphatic rings. The quantitative estimate of drug-likeness (QED) is 0.774. The summed E-state index contributed by atoms with van der Waals surface area (Å²) in [5, 5.41) is 0. The highest BCUT2D eigenvalue weighted by molar-refractivity contribution is 14.1. The average molecular weight is 275 g/mol. The topological polar surface area (TPSA) is 22.1 Å². The Kier molecular flexibility index (Phi) is 2.21. The lowest BCUT2D eigenvalue weighted by Gasteiger charge is -2.03. The molecule has 0 atom stereocenters. The van der Waals surface area contributed by atoms with Crippen molar-refractivity contribution in [1.82, 2.24) is 4.98 Å². The molecule has 0 N–H and O–H groups in total. The van der Waals surface area contributed by atoms with Crippen LogP contribution in [0.5, 0.6) is 5.88 Å². The molecule has 0 aromatic carbocycles. The molecule has 0 aliphatic heterocycles. The molecule has 1 aliphatic carbocycles. The standard InChI is InChI=1S/C9H10INO/c1-12-8-5-4-7(10)9(11-8)6-2-3-6/h4-6H,2-3H2,1H3. The molecule has 3 heteroatoms. The summed E-state index contributed by atoms with van der Waals surface area (Å²) in [6.45, 7) is 0. The Hall–Kier alpha value is -0.320. The van der Waals surface area contributed by atoms with Gasteiger partial charge in [-0.1, -0.05) is 0 Å². The predicted molar refractivity (Wildman–Crippen MR) is 55.5 cm³/mol. The lowest BCUT2D eigenvalue weighted by atomic mass is 10.2. The smallest absolute Gasteiger partial charge is 0.213 e. The van der Waals surface area contributed by atoms with Crippen LogP contribution in [0.25, 0.3) is 0 Å². The Morgan fingerprint density at radius 3 is 2.83 bits per heavy atom. The van der Waals surface area contributed by atoms with E-state index in [0.29, 0.717) is 5.92 Å². The highest BCUT2D eigenvalue weighted by atomic mass is 127. The summed E-state index contributed by atoms with van der Waals surface area (Å²) in [6.07, 6.45) is 2.58. The van der Waals surface area contributed by atoms with E-state index >= 15 is 0 Å². The van der Waals surface area contributed by atoms with Crippen molar-refractivity contribution in [3.8, 4) is 5.88 Å². The van der Waals surface area contributed by atoms with Gasteiger partial charge in [0.25, 0.3) is 0 Å². The Labute approximate surface area is 85.5 Å². The van der Waals surface area contributed by atoms with Crippen molar-refractivity contribution in [2.24, 2.45) is 0 Å². The van der Waals surface area contributed by atoms with Gasteiger partial charge in [0.15, 0.2) is 0 Å². The van der Waals surface area contributed by atoms with Gasteiger partial charge in [-0.2, -0.15) is 0 Å². The third kappa shape index (κ3) is 1.55. The second kappa shape index (κ2) is 3.20. The summed E-state index contributed by atoms with van der Waals surface area (Å²) in [5.74, 6) is 1.43. The fraction of sp³-hybridized carbons (Fsp3) is 0.444. The largest absolute Gasteiger partial charge is 0.481 e. The molecular formula is C9H10INO. The number of aromatic nitrogens is 1. The number of ether oxygens (including phenoxy) is 1. The van der Waals surface area contributed by atoms with E-state index in [1.165, 1.54) is 22.1 Å². The molecule has 2 rings (SSSR count). The van der Waals surface area contributed by atoms with E-state index in [1.807, 2.05) is 6.07 Å². The van der Waals surface area contributed by atoms with E-state index in [0.717, 1.165) is 5.88 Å². The van der Waals surface area contributed by atoms with Gasteiger partial charge < -0.3 is 4.74 Å². The first-order valence-corrected chi connectivity index (χ1v) is 5.09. The molecule has 1 saturated carbocycles. The molecule has 1 heterocycles. The first-order valence-electron chi connectivity index (χ1n) is 4.01. The molecule has 0 spiro atoms. The van der Waals surface area contributed by atoms with Crippen LogP contribution >= 0.6 is 22.6 Å². The first-order chi connectivity index (χ1) is 5.81. The number of nitrogens with zero attached hydrogens (tertiary/aromatic N) is 1. The van der Waals surface area contributed by atoms with Crippen molar-refractivity contribution in [1.29, 1.82) is 0 Å².